The Morgan fingerprint density at radius 2 is 2.12 bits per heavy atom. The van der Waals surface area contributed by atoms with Crippen molar-refractivity contribution in [1.29, 1.82) is 5.26 Å². The average molecular weight is 255 g/mol. The number of fused-ring (bicyclic) bond motifs is 1. The molecule has 0 aromatic heterocycles. The van der Waals surface area contributed by atoms with Crippen molar-refractivity contribution in [2.45, 2.75) is 0 Å². The van der Waals surface area contributed by atoms with Gasteiger partial charge in [-0.1, -0.05) is 0 Å². The van der Waals surface area contributed by atoms with E-state index in [-0.39, 0.29) is 0 Å². The van der Waals surface area contributed by atoms with Gasteiger partial charge >= 0.3 is 0 Å². The van der Waals surface area contributed by atoms with E-state index in [1.165, 1.54) is 12.4 Å². The van der Waals surface area contributed by atoms with Crippen LogP contribution in [-0.2, 0) is 10.1 Å². The molecule has 0 aromatic rings. The molecule has 17 heavy (non-hydrogen) atoms. The zero-order chi connectivity index (χ0) is 13.1. The van der Waals surface area contributed by atoms with Gasteiger partial charge in [-0.25, -0.2) is 4.98 Å². The molecule has 0 fully saturated rings. The van der Waals surface area contributed by atoms with Crippen LogP contribution in [0.5, 0.6) is 0 Å². The minimum Gasteiger partial charge on any atom is -0.427 e. The Hall–Kier alpha value is -2.11. The summed E-state index contributed by atoms with van der Waals surface area (Å²) in [6.45, 7) is 0. The number of pyridine rings is 1. The van der Waals surface area contributed by atoms with Crippen LogP contribution in [0.3, 0.4) is 0 Å². The fourth-order valence-corrected chi connectivity index (χ4v) is 1.11. The van der Waals surface area contributed by atoms with Crippen LogP contribution < -0.4 is 0 Å². The number of hydrogen-bond acceptors (Lipinski definition) is 5. The minimum absolute atomic E-state index is 0.411. The molecule has 0 bridgehead atoms. The molecule has 0 saturated heterocycles. The first-order chi connectivity index (χ1) is 7.83. The van der Waals surface area contributed by atoms with Crippen LogP contribution in [-0.4, -0.2) is 34.1 Å². The van der Waals surface area contributed by atoms with E-state index in [2.05, 4.69) is 4.98 Å². The Balaban J connectivity index is 0.000000249. The van der Waals surface area contributed by atoms with Crippen molar-refractivity contribution < 1.29 is 18.2 Å². The molecule has 0 aromatic carbocycles. The van der Waals surface area contributed by atoms with Crippen LogP contribution in [0, 0.1) is 11.3 Å². The SMILES string of the molecule is CS(=O)(=O)O.N#Cc1cnc2n(O)cccc1-2. The van der Waals surface area contributed by atoms with Gasteiger partial charge < -0.3 is 5.21 Å². The van der Waals surface area contributed by atoms with E-state index in [4.69, 9.17) is 9.81 Å². The lowest BCUT2D eigenvalue weighted by molar-refractivity contribution is 0.187. The largest absolute Gasteiger partial charge is 0.427 e. The Morgan fingerprint density at radius 1 is 1.53 bits per heavy atom. The summed E-state index contributed by atoms with van der Waals surface area (Å²) in [4.78, 5) is 3.88. The summed E-state index contributed by atoms with van der Waals surface area (Å²) in [7, 11) is -3.67. The molecule has 8 heteroatoms. The third kappa shape index (κ3) is 3.75. The molecule has 0 spiro atoms. The van der Waals surface area contributed by atoms with Crippen molar-refractivity contribution in [2.24, 2.45) is 0 Å². The lowest BCUT2D eigenvalue weighted by Crippen LogP contribution is -1.96. The molecular weight excluding hydrogens is 246 g/mol. The summed E-state index contributed by atoms with van der Waals surface area (Å²) < 4.78 is 26.8. The molecule has 0 saturated carbocycles. The van der Waals surface area contributed by atoms with Crippen molar-refractivity contribution in [2.75, 3.05) is 6.26 Å². The lowest BCUT2D eigenvalue weighted by Gasteiger charge is -2.01. The second-order valence-electron chi connectivity index (χ2n) is 3.11. The van der Waals surface area contributed by atoms with Gasteiger partial charge in [-0.3, -0.25) is 4.55 Å². The maximum absolute atomic E-state index is 9.22. The van der Waals surface area contributed by atoms with Crippen molar-refractivity contribution in [3.63, 3.8) is 0 Å². The summed E-state index contributed by atoms with van der Waals surface area (Å²) in [6, 6.07) is 5.39. The highest BCUT2D eigenvalue weighted by atomic mass is 32.2. The molecule has 2 heterocycles. The summed E-state index contributed by atoms with van der Waals surface area (Å²) >= 11 is 0. The predicted octanol–water partition coefficient (Wildman–Crippen LogP) is 0.601. The molecule has 0 aliphatic carbocycles. The second-order valence-corrected chi connectivity index (χ2v) is 4.57. The molecular formula is C9H9N3O4S. The second kappa shape index (κ2) is 4.82. The molecule has 0 atom stereocenters. The van der Waals surface area contributed by atoms with E-state index >= 15 is 0 Å². The molecule has 2 N–H and O–H groups in total. The number of aromatic nitrogens is 2. The zero-order valence-corrected chi connectivity index (χ0v) is 9.59. The van der Waals surface area contributed by atoms with Gasteiger partial charge in [0, 0.05) is 18.0 Å². The number of rotatable bonds is 0. The molecule has 2 aliphatic rings. The maximum Gasteiger partial charge on any atom is 0.261 e. The Kier molecular flexibility index (Phi) is 3.67. The first-order valence-electron chi connectivity index (χ1n) is 4.31. The number of nitrogens with zero attached hydrogens (tertiary/aromatic N) is 3. The average Bonchev–Trinajstić information content (AvgIpc) is 2.59. The highest BCUT2D eigenvalue weighted by molar-refractivity contribution is 7.85. The molecule has 0 radical (unpaired) electrons. The lowest BCUT2D eigenvalue weighted by atomic mass is 10.2. The summed E-state index contributed by atoms with van der Waals surface area (Å²) in [6.07, 6.45) is 3.63. The zero-order valence-electron chi connectivity index (χ0n) is 8.77. The van der Waals surface area contributed by atoms with Crippen LogP contribution in [0.25, 0.3) is 11.4 Å². The van der Waals surface area contributed by atoms with Crippen LogP contribution >= 0.6 is 0 Å². The third-order valence-corrected chi connectivity index (χ3v) is 1.67. The Morgan fingerprint density at radius 3 is 2.65 bits per heavy atom. The van der Waals surface area contributed by atoms with E-state index in [1.807, 2.05) is 6.07 Å². The first kappa shape index (κ1) is 13.0. The van der Waals surface area contributed by atoms with Gasteiger partial charge in [0.1, 0.15) is 6.07 Å². The normalized spacial score (nSPS) is 10.4. The fraction of sp³-hybridized carbons (Fsp3) is 0.111. The van der Waals surface area contributed by atoms with Crippen LogP contribution in [0.1, 0.15) is 5.56 Å². The van der Waals surface area contributed by atoms with Crippen LogP contribution in [0.4, 0.5) is 0 Å². The van der Waals surface area contributed by atoms with Gasteiger partial charge in [-0.2, -0.15) is 18.4 Å². The van der Waals surface area contributed by atoms with Gasteiger partial charge in [0.2, 0.25) is 0 Å². The predicted molar refractivity (Wildman–Crippen MR) is 58.2 cm³/mol. The van der Waals surface area contributed by atoms with E-state index < -0.39 is 10.1 Å². The van der Waals surface area contributed by atoms with Crippen LogP contribution in [0.2, 0.25) is 0 Å². The van der Waals surface area contributed by atoms with E-state index in [1.54, 1.807) is 12.1 Å². The van der Waals surface area contributed by atoms with E-state index in [9.17, 15) is 13.6 Å². The van der Waals surface area contributed by atoms with Gasteiger partial charge in [0.25, 0.3) is 10.1 Å². The minimum atomic E-state index is -3.67. The molecule has 2 aliphatic heterocycles. The van der Waals surface area contributed by atoms with Crippen molar-refractivity contribution in [3.05, 3.63) is 30.1 Å². The van der Waals surface area contributed by atoms with Gasteiger partial charge in [0.05, 0.1) is 11.8 Å². The van der Waals surface area contributed by atoms with Gasteiger partial charge in [-0.05, 0) is 12.1 Å². The van der Waals surface area contributed by atoms with Gasteiger partial charge in [0.15, 0.2) is 5.82 Å². The third-order valence-electron chi connectivity index (χ3n) is 1.67. The summed E-state index contributed by atoms with van der Waals surface area (Å²) in [5.41, 5.74) is 1.15. The number of hydrogen-bond donors (Lipinski definition) is 2. The number of nitriles is 1. The highest BCUT2D eigenvalue weighted by Gasteiger charge is 2.12. The molecule has 0 amide bonds. The molecule has 2 rings (SSSR count). The van der Waals surface area contributed by atoms with Crippen molar-refractivity contribution in [1.82, 2.24) is 9.71 Å². The topological polar surface area (TPSA) is 116 Å². The fourth-order valence-electron chi connectivity index (χ4n) is 1.11. The first-order valence-corrected chi connectivity index (χ1v) is 6.15. The van der Waals surface area contributed by atoms with Crippen molar-refractivity contribution in [3.8, 4) is 17.5 Å². The monoisotopic (exact) mass is 255 g/mol. The summed E-state index contributed by atoms with van der Waals surface area (Å²) in [5.74, 6) is 0.411. The molecule has 0 unspecified atom stereocenters. The Labute approximate surface area is 97.6 Å². The highest BCUT2D eigenvalue weighted by Crippen LogP contribution is 2.22. The van der Waals surface area contributed by atoms with Gasteiger partial charge in [-0.15, -0.1) is 0 Å². The Bertz CT molecular complexity index is 618. The van der Waals surface area contributed by atoms with Crippen molar-refractivity contribution >= 4 is 10.1 Å². The van der Waals surface area contributed by atoms with E-state index in [0.29, 0.717) is 23.2 Å². The smallest absolute Gasteiger partial charge is 0.261 e. The van der Waals surface area contributed by atoms with Crippen LogP contribution in [0.15, 0.2) is 24.5 Å². The standard InChI is InChI=1S/C8H5N3O.CH4O3S/c9-4-6-5-10-8-7(6)2-1-3-11(8)12;1-5(2,3)4/h1-3,5,12H;1H3,(H,2,3,4). The van der Waals surface area contributed by atoms with E-state index in [0.717, 1.165) is 4.73 Å². The summed E-state index contributed by atoms with van der Waals surface area (Å²) in [5, 5.41) is 17.9. The quantitative estimate of drug-likeness (QED) is 0.526. The molecule has 7 nitrogen and oxygen atoms in total. The maximum atomic E-state index is 9.22. The molecule has 90 valence electrons.